The van der Waals surface area contributed by atoms with Crippen LogP contribution in [0.25, 0.3) is 0 Å². The quantitative estimate of drug-likeness (QED) is 0.780. The SMILES string of the molecule is CCC(CC)N(CCOC)C(=O)NC(C)(C)C. The number of carbonyl (C=O) groups is 1. The van der Waals surface area contributed by atoms with Crippen molar-refractivity contribution < 1.29 is 9.53 Å². The van der Waals surface area contributed by atoms with E-state index in [4.69, 9.17) is 4.74 Å². The van der Waals surface area contributed by atoms with Crippen LogP contribution < -0.4 is 5.32 Å². The van der Waals surface area contributed by atoms with Crippen LogP contribution >= 0.6 is 0 Å². The van der Waals surface area contributed by atoms with Gasteiger partial charge < -0.3 is 15.0 Å². The molecule has 4 heteroatoms. The van der Waals surface area contributed by atoms with E-state index in [1.807, 2.05) is 25.7 Å². The third-order valence-electron chi connectivity index (χ3n) is 2.66. The van der Waals surface area contributed by atoms with Crippen LogP contribution in [0.5, 0.6) is 0 Å². The molecule has 4 nitrogen and oxygen atoms in total. The number of rotatable bonds is 6. The van der Waals surface area contributed by atoms with Crippen molar-refractivity contribution in [2.45, 2.75) is 59.0 Å². The van der Waals surface area contributed by atoms with Crippen molar-refractivity contribution in [1.82, 2.24) is 10.2 Å². The van der Waals surface area contributed by atoms with Gasteiger partial charge >= 0.3 is 6.03 Å². The maximum atomic E-state index is 12.2. The van der Waals surface area contributed by atoms with Gasteiger partial charge in [-0.05, 0) is 33.6 Å². The van der Waals surface area contributed by atoms with E-state index in [1.54, 1.807) is 7.11 Å². The first-order valence-corrected chi connectivity index (χ1v) is 6.43. The molecular weight excluding hydrogens is 216 g/mol. The van der Waals surface area contributed by atoms with Gasteiger partial charge in [-0.15, -0.1) is 0 Å². The lowest BCUT2D eigenvalue weighted by Crippen LogP contribution is -2.52. The summed E-state index contributed by atoms with van der Waals surface area (Å²) in [6, 6.07) is 0.288. The first-order valence-electron chi connectivity index (χ1n) is 6.43. The van der Waals surface area contributed by atoms with Gasteiger partial charge in [0.1, 0.15) is 0 Å². The number of methoxy groups -OCH3 is 1. The third-order valence-corrected chi connectivity index (χ3v) is 2.66. The molecule has 0 aliphatic heterocycles. The van der Waals surface area contributed by atoms with Gasteiger partial charge in [0.2, 0.25) is 0 Å². The average Bonchev–Trinajstić information content (AvgIpc) is 2.21. The second-order valence-electron chi connectivity index (χ2n) is 5.34. The zero-order valence-electron chi connectivity index (χ0n) is 12.2. The molecule has 0 aliphatic rings. The summed E-state index contributed by atoms with van der Waals surface area (Å²) in [4.78, 5) is 14.1. The van der Waals surface area contributed by atoms with Gasteiger partial charge in [0.25, 0.3) is 0 Å². The van der Waals surface area contributed by atoms with Gasteiger partial charge in [0.05, 0.1) is 6.61 Å². The molecule has 0 atom stereocenters. The minimum absolute atomic E-state index is 0.00301. The van der Waals surface area contributed by atoms with Crippen molar-refractivity contribution in [2.75, 3.05) is 20.3 Å². The zero-order valence-corrected chi connectivity index (χ0v) is 12.2. The monoisotopic (exact) mass is 244 g/mol. The average molecular weight is 244 g/mol. The Balaban J connectivity index is 4.60. The molecule has 0 aromatic carbocycles. The maximum Gasteiger partial charge on any atom is 0.318 e. The Morgan fingerprint density at radius 1 is 1.29 bits per heavy atom. The van der Waals surface area contributed by atoms with Gasteiger partial charge in [0.15, 0.2) is 0 Å². The number of amides is 2. The predicted octanol–water partition coefficient (Wildman–Crippen LogP) is 2.63. The third kappa shape index (κ3) is 6.51. The smallest absolute Gasteiger partial charge is 0.318 e. The van der Waals surface area contributed by atoms with Crippen LogP contribution in [0.3, 0.4) is 0 Å². The van der Waals surface area contributed by atoms with Crippen LogP contribution in [0.4, 0.5) is 4.79 Å². The molecule has 0 heterocycles. The Labute approximate surface area is 106 Å². The molecule has 0 unspecified atom stereocenters. The van der Waals surface area contributed by atoms with Crippen molar-refractivity contribution in [2.24, 2.45) is 0 Å². The number of carbonyl (C=O) groups excluding carboxylic acids is 1. The first-order chi connectivity index (χ1) is 7.85. The van der Waals surface area contributed by atoms with Gasteiger partial charge in [0, 0.05) is 25.2 Å². The van der Waals surface area contributed by atoms with E-state index in [0.717, 1.165) is 12.8 Å². The summed E-state index contributed by atoms with van der Waals surface area (Å²) in [6.07, 6.45) is 1.94. The van der Waals surface area contributed by atoms with Crippen LogP contribution in [-0.4, -0.2) is 42.8 Å². The summed E-state index contributed by atoms with van der Waals surface area (Å²) >= 11 is 0. The summed E-state index contributed by atoms with van der Waals surface area (Å²) in [5.74, 6) is 0. The van der Waals surface area contributed by atoms with Crippen LogP contribution in [0.1, 0.15) is 47.5 Å². The Morgan fingerprint density at radius 3 is 2.18 bits per heavy atom. The van der Waals surface area contributed by atoms with Crippen LogP contribution in [0.15, 0.2) is 0 Å². The second-order valence-corrected chi connectivity index (χ2v) is 5.34. The largest absolute Gasteiger partial charge is 0.383 e. The Bertz CT molecular complexity index is 220. The molecule has 0 aromatic rings. The highest BCUT2D eigenvalue weighted by molar-refractivity contribution is 5.75. The van der Waals surface area contributed by atoms with E-state index in [-0.39, 0.29) is 17.6 Å². The number of ether oxygens (including phenoxy) is 1. The fourth-order valence-electron chi connectivity index (χ4n) is 1.76. The van der Waals surface area contributed by atoms with Gasteiger partial charge in [-0.3, -0.25) is 0 Å². The number of hydrogen-bond acceptors (Lipinski definition) is 2. The molecule has 0 bridgehead atoms. The standard InChI is InChI=1S/C13H28N2O2/c1-7-11(8-2)15(9-10-17-6)12(16)14-13(3,4)5/h11H,7-10H2,1-6H3,(H,14,16). The molecule has 0 saturated heterocycles. The zero-order chi connectivity index (χ0) is 13.5. The molecule has 2 amide bonds. The molecule has 0 fully saturated rings. The summed E-state index contributed by atoms with van der Waals surface area (Å²) in [6.45, 7) is 11.4. The van der Waals surface area contributed by atoms with Crippen LogP contribution in [0.2, 0.25) is 0 Å². The molecule has 0 radical (unpaired) electrons. The lowest BCUT2D eigenvalue weighted by molar-refractivity contribution is 0.122. The van der Waals surface area contributed by atoms with Gasteiger partial charge in [-0.25, -0.2) is 4.79 Å². The summed E-state index contributed by atoms with van der Waals surface area (Å²) in [7, 11) is 1.66. The van der Waals surface area contributed by atoms with Crippen LogP contribution in [0, 0.1) is 0 Å². The number of urea groups is 1. The highest BCUT2D eigenvalue weighted by atomic mass is 16.5. The molecule has 0 aromatic heterocycles. The number of hydrogen-bond donors (Lipinski definition) is 1. The molecule has 0 rings (SSSR count). The van der Waals surface area contributed by atoms with Crippen molar-refractivity contribution in [3.8, 4) is 0 Å². The van der Waals surface area contributed by atoms with Crippen molar-refractivity contribution in [1.29, 1.82) is 0 Å². The highest BCUT2D eigenvalue weighted by Gasteiger charge is 2.24. The molecule has 0 saturated carbocycles. The molecule has 1 N–H and O–H groups in total. The van der Waals surface area contributed by atoms with Crippen molar-refractivity contribution >= 4 is 6.03 Å². The molecule has 102 valence electrons. The van der Waals surface area contributed by atoms with Gasteiger partial charge in [-0.1, -0.05) is 13.8 Å². The molecule has 0 aliphatic carbocycles. The van der Waals surface area contributed by atoms with E-state index >= 15 is 0 Å². The topological polar surface area (TPSA) is 41.6 Å². The lowest BCUT2D eigenvalue weighted by Gasteiger charge is -2.33. The van der Waals surface area contributed by atoms with E-state index < -0.39 is 0 Å². The minimum Gasteiger partial charge on any atom is -0.383 e. The van der Waals surface area contributed by atoms with E-state index in [9.17, 15) is 4.79 Å². The Kier molecular flexibility index (Phi) is 7.19. The second kappa shape index (κ2) is 7.54. The fourth-order valence-corrected chi connectivity index (χ4v) is 1.76. The normalized spacial score (nSPS) is 11.7. The Morgan fingerprint density at radius 2 is 1.82 bits per heavy atom. The number of nitrogens with zero attached hydrogens (tertiary/aromatic N) is 1. The van der Waals surface area contributed by atoms with Crippen molar-refractivity contribution in [3.05, 3.63) is 0 Å². The highest BCUT2D eigenvalue weighted by Crippen LogP contribution is 2.10. The summed E-state index contributed by atoms with van der Waals surface area (Å²) < 4.78 is 5.07. The van der Waals surface area contributed by atoms with E-state index in [0.29, 0.717) is 13.2 Å². The minimum atomic E-state index is -0.200. The summed E-state index contributed by atoms with van der Waals surface area (Å²) in [5, 5.41) is 3.01. The van der Waals surface area contributed by atoms with Crippen molar-refractivity contribution in [3.63, 3.8) is 0 Å². The van der Waals surface area contributed by atoms with E-state index in [1.165, 1.54) is 0 Å². The van der Waals surface area contributed by atoms with Gasteiger partial charge in [-0.2, -0.15) is 0 Å². The predicted molar refractivity (Wildman–Crippen MR) is 71.2 cm³/mol. The number of nitrogens with one attached hydrogen (secondary N) is 1. The molecular formula is C13H28N2O2. The molecule has 0 spiro atoms. The van der Waals surface area contributed by atoms with Crippen LogP contribution in [-0.2, 0) is 4.74 Å². The summed E-state index contributed by atoms with van der Waals surface area (Å²) in [5.41, 5.74) is -0.200. The first kappa shape index (κ1) is 16.2. The lowest BCUT2D eigenvalue weighted by atomic mass is 10.1. The fraction of sp³-hybridized carbons (Fsp3) is 0.923. The molecule has 17 heavy (non-hydrogen) atoms. The maximum absolute atomic E-state index is 12.2. The Hall–Kier alpha value is -0.770. The van der Waals surface area contributed by atoms with E-state index in [2.05, 4.69) is 19.2 Å².